The number of primary amides is 1. The second-order valence-electron chi connectivity index (χ2n) is 3.56. The summed E-state index contributed by atoms with van der Waals surface area (Å²) >= 11 is 0. The van der Waals surface area contributed by atoms with Crippen molar-refractivity contribution in [3.63, 3.8) is 0 Å². The highest BCUT2D eigenvalue weighted by atomic mass is 16.3. The van der Waals surface area contributed by atoms with Crippen molar-refractivity contribution in [2.24, 2.45) is 5.73 Å². The summed E-state index contributed by atoms with van der Waals surface area (Å²) in [5.41, 5.74) is 6.43. The predicted molar refractivity (Wildman–Crippen MR) is 56.2 cm³/mol. The van der Waals surface area contributed by atoms with Crippen LogP contribution in [0.25, 0.3) is 0 Å². The van der Waals surface area contributed by atoms with Gasteiger partial charge in [0.05, 0.1) is 12.2 Å². The zero-order valence-electron chi connectivity index (χ0n) is 8.90. The molecule has 0 aliphatic rings. The number of amides is 1. The van der Waals surface area contributed by atoms with Gasteiger partial charge in [0.1, 0.15) is 5.75 Å². The molecule has 5 nitrogen and oxygen atoms in total. The number of carbonyl (C=O) groups excluding carboxylic acids is 1. The van der Waals surface area contributed by atoms with Gasteiger partial charge in [0.2, 0.25) is 5.91 Å². The van der Waals surface area contributed by atoms with Crippen molar-refractivity contribution in [2.45, 2.75) is 13.5 Å². The summed E-state index contributed by atoms with van der Waals surface area (Å²) in [6.45, 7) is 2.39. The molecule has 0 saturated carbocycles. The van der Waals surface area contributed by atoms with E-state index in [1.807, 2.05) is 6.92 Å². The maximum Gasteiger partial charge on any atom is 0.231 e. The number of likely N-dealkylation sites (N-methyl/N-ethyl adjacent to an activating group) is 1. The highest BCUT2D eigenvalue weighted by molar-refractivity contribution is 5.75. The highest BCUT2D eigenvalue weighted by Crippen LogP contribution is 2.15. The molecule has 0 radical (unpaired) electrons. The number of nitrogens with zero attached hydrogens (tertiary/aromatic N) is 2. The zero-order chi connectivity index (χ0) is 11.4. The second-order valence-corrected chi connectivity index (χ2v) is 3.56. The van der Waals surface area contributed by atoms with Crippen LogP contribution in [0.1, 0.15) is 11.4 Å². The minimum Gasteiger partial charge on any atom is -0.506 e. The van der Waals surface area contributed by atoms with E-state index in [1.165, 1.54) is 0 Å². The maximum absolute atomic E-state index is 10.6. The summed E-state index contributed by atoms with van der Waals surface area (Å²) < 4.78 is 0. The van der Waals surface area contributed by atoms with Crippen LogP contribution in [0, 0.1) is 6.92 Å². The molecule has 5 heteroatoms. The summed E-state index contributed by atoms with van der Waals surface area (Å²) in [5.74, 6) is -0.262. The van der Waals surface area contributed by atoms with Crippen LogP contribution in [-0.4, -0.2) is 34.5 Å². The Balaban J connectivity index is 2.71. The first-order valence-electron chi connectivity index (χ1n) is 4.61. The van der Waals surface area contributed by atoms with Gasteiger partial charge in [0.15, 0.2) is 0 Å². The molecule has 1 amide bonds. The second kappa shape index (κ2) is 4.75. The van der Waals surface area contributed by atoms with Gasteiger partial charge < -0.3 is 10.8 Å². The van der Waals surface area contributed by atoms with E-state index < -0.39 is 5.91 Å². The summed E-state index contributed by atoms with van der Waals surface area (Å²) in [6, 6.07) is 3.32. The molecule has 0 aromatic carbocycles. The van der Waals surface area contributed by atoms with E-state index in [4.69, 9.17) is 5.73 Å². The molecule has 0 bridgehead atoms. The minimum atomic E-state index is -0.398. The molecule has 82 valence electrons. The van der Waals surface area contributed by atoms with Crippen molar-refractivity contribution < 1.29 is 9.90 Å². The molecule has 0 aliphatic heterocycles. The average molecular weight is 209 g/mol. The number of hydrogen-bond donors (Lipinski definition) is 2. The van der Waals surface area contributed by atoms with Crippen LogP contribution in [0.3, 0.4) is 0 Å². The molecular weight excluding hydrogens is 194 g/mol. The molecule has 1 aromatic heterocycles. The molecule has 0 unspecified atom stereocenters. The van der Waals surface area contributed by atoms with E-state index in [0.717, 1.165) is 5.69 Å². The third kappa shape index (κ3) is 3.55. The molecule has 1 aromatic rings. The van der Waals surface area contributed by atoms with Gasteiger partial charge in [0.25, 0.3) is 0 Å². The first-order chi connectivity index (χ1) is 6.99. The quantitative estimate of drug-likeness (QED) is 0.732. The van der Waals surface area contributed by atoms with E-state index in [1.54, 1.807) is 24.1 Å². The van der Waals surface area contributed by atoms with Crippen molar-refractivity contribution in [3.05, 3.63) is 23.5 Å². The van der Waals surface area contributed by atoms with E-state index in [9.17, 15) is 9.90 Å². The van der Waals surface area contributed by atoms with Gasteiger partial charge in [-0.25, -0.2) is 0 Å². The summed E-state index contributed by atoms with van der Waals surface area (Å²) in [4.78, 5) is 16.5. The monoisotopic (exact) mass is 209 g/mol. The molecule has 0 saturated heterocycles. The van der Waals surface area contributed by atoms with Crippen LogP contribution in [0.15, 0.2) is 12.1 Å². The third-order valence-electron chi connectivity index (χ3n) is 1.93. The van der Waals surface area contributed by atoms with Crippen LogP contribution >= 0.6 is 0 Å². The van der Waals surface area contributed by atoms with E-state index in [-0.39, 0.29) is 12.3 Å². The Morgan fingerprint density at radius 2 is 2.27 bits per heavy atom. The van der Waals surface area contributed by atoms with Crippen molar-refractivity contribution in [1.82, 2.24) is 9.88 Å². The number of rotatable bonds is 4. The number of carbonyl (C=O) groups is 1. The summed E-state index contributed by atoms with van der Waals surface area (Å²) in [6.07, 6.45) is 0. The first kappa shape index (κ1) is 11.5. The van der Waals surface area contributed by atoms with E-state index in [2.05, 4.69) is 4.98 Å². The Morgan fingerprint density at radius 3 is 2.87 bits per heavy atom. The van der Waals surface area contributed by atoms with E-state index >= 15 is 0 Å². The molecule has 15 heavy (non-hydrogen) atoms. The lowest BCUT2D eigenvalue weighted by molar-refractivity contribution is -0.118. The largest absolute Gasteiger partial charge is 0.506 e. The topological polar surface area (TPSA) is 79.5 Å². The summed E-state index contributed by atoms with van der Waals surface area (Å²) in [5, 5.41) is 9.51. The highest BCUT2D eigenvalue weighted by Gasteiger charge is 2.08. The number of aromatic hydroxyl groups is 1. The van der Waals surface area contributed by atoms with Gasteiger partial charge in [-0.2, -0.15) is 0 Å². The van der Waals surface area contributed by atoms with Crippen LogP contribution in [0.2, 0.25) is 0 Å². The Morgan fingerprint density at radius 1 is 1.60 bits per heavy atom. The molecule has 0 atom stereocenters. The zero-order valence-corrected chi connectivity index (χ0v) is 8.90. The normalized spacial score (nSPS) is 10.6. The number of pyridine rings is 1. The maximum atomic E-state index is 10.6. The Bertz CT molecular complexity index is 366. The Kier molecular flexibility index (Phi) is 3.62. The lowest BCUT2D eigenvalue weighted by atomic mass is 10.2. The minimum absolute atomic E-state index is 0.136. The van der Waals surface area contributed by atoms with Crippen molar-refractivity contribution in [2.75, 3.05) is 13.6 Å². The SMILES string of the molecule is Cc1ccc(O)c(CN(C)CC(N)=O)n1. The molecule has 1 heterocycles. The number of aromatic nitrogens is 1. The Hall–Kier alpha value is -1.62. The van der Waals surface area contributed by atoms with Crippen LogP contribution < -0.4 is 5.73 Å². The van der Waals surface area contributed by atoms with Gasteiger partial charge in [-0.15, -0.1) is 0 Å². The molecule has 1 rings (SSSR count). The number of nitrogens with two attached hydrogens (primary N) is 1. The van der Waals surface area contributed by atoms with E-state index in [0.29, 0.717) is 12.2 Å². The summed E-state index contributed by atoms with van der Waals surface area (Å²) in [7, 11) is 1.74. The molecule has 0 fully saturated rings. The van der Waals surface area contributed by atoms with Gasteiger partial charge in [-0.1, -0.05) is 0 Å². The van der Waals surface area contributed by atoms with Crippen LogP contribution in [-0.2, 0) is 11.3 Å². The molecule has 0 aliphatic carbocycles. The standard InChI is InChI=1S/C10H15N3O2/c1-7-3-4-9(14)8(12-7)5-13(2)6-10(11)15/h3-4,14H,5-6H2,1-2H3,(H2,11,15). The predicted octanol–water partition coefficient (Wildman–Crippen LogP) is 0.0127. The van der Waals surface area contributed by atoms with Gasteiger partial charge >= 0.3 is 0 Å². The van der Waals surface area contributed by atoms with Crippen LogP contribution in [0.4, 0.5) is 0 Å². The van der Waals surface area contributed by atoms with Crippen LogP contribution in [0.5, 0.6) is 5.75 Å². The number of hydrogen-bond acceptors (Lipinski definition) is 4. The van der Waals surface area contributed by atoms with Gasteiger partial charge in [-0.3, -0.25) is 14.7 Å². The van der Waals surface area contributed by atoms with Crippen molar-refractivity contribution >= 4 is 5.91 Å². The van der Waals surface area contributed by atoms with Gasteiger partial charge in [0, 0.05) is 12.2 Å². The average Bonchev–Trinajstić information content (AvgIpc) is 2.10. The molecule has 0 spiro atoms. The molecule has 3 N–H and O–H groups in total. The fraction of sp³-hybridized carbons (Fsp3) is 0.400. The Labute approximate surface area is 88.5 Å². The lowest BCUT2D eigenvalue weighted by Crippen LogP contribution is -2.30. The lowest BCUT2D eigenvalue weighted by Gasteiger charge is -2.14. The van der Waals surface area contributed by atoms with Gasteiger partial charge in [-0.05, 0) is 26.1 Å². The number of aryl methyl sites for hydroxylation is 1. The van der Waals surface area contributed by atoms with Crippen molar-refractivity contribution in [3.8, 4) is 5.75 Å². The van der Waals surface area contributed by atoms with Crippen molar-refractivity contribution in [1.29, 1.82) is 0 Å². The smallest absolute Gasteiger partial charge is 0.231 e. The third-order valence-corrected chi connectivity index (χ3v) is 1.93. The molecular formula is C10H15N3O2. The fourth-order valence-electron chi connectivity index (χ4n) is 1.30. The first-order valence-corrected chi connectivity index (χ1v) is 4.61. The fourth-order valence-corrected chi connectivity index (χ4v) is 1.30.